The Morgan fingerprint density at radius 2 is 2.00 bits per heavy atom. The Balaban J connectivity index is 1.60. The Labute approximate surface area is 134 Å². The lowest BCUT2D eigenvalue weighted by molar-refractivity contribution is 0.333. The van der Waals surface area contributed by atoms with Crippen LogP contribution in [0.25, 0.3) is 0 Å². The molecule has 0 aromatic heterocycles. The molecule has 5 unspecified atom stereocenters. The fourth-order valence-electron chi connectivity index (χ4n) is 5.01. The molecule has 3 aliphatic carbocycles. The molecule has 0 radical (unpaired) electrons. The van der Waals surface area contributed by atoms with E-state index in [0.29, 0.717) is 12.5 Å². The van der Waals surface area contributed by atoms with Crippen molar-refractivity contribution in [3.05, 3.63) is 28.2 Å². The maximum atomic E-state index is 6.88. The molecule has 0 amide bonds. The van der Waals surface area contributed by atoms with Crippen molar-refractivity contribution >= 4 is 27.5 Å². The van der Waals surface area contributed by atoms with Crippen LogP contribution in [0.1, 0.15) is 37.1 Å². The molecule has 3 fully saturated rings. The summed E-state index contributed by atoms with van der Waals surface area (Å²) in [5.74, 6) is 5.41. The summed E-state index contributed by atoms with van der Waals surface area (Å²) in [5, 5.41) is 0.118. The lowest BCUT2D eigenvalue weighted by Crippen LogP contribution is -2.06. The third kappa shape index (κ3) is 1.94. The molecule has 4 rings (SSSR count). The summed E-state index contributed by atoms with van der Waals surface area (Å²) in [6.45, 7) is 2.72. The lowest BCUT2D eigenvalue weighted by Gasteiger charge is -2.18. The standard InChI is InChI=1S/C17H20BrClO/c1-2-20-13-6-5-11(18)8-12(13)17(19)16-14-9-3-4-10(7-9)15(14)16/h5-6,8-10,14-17H,2-4,7H2,1H3. The largest absolute Gasteiger partial charge is 0.494 e. The van der Waals surface area contributed by atoms with Crippen molar-refractivity contribution in [2.24, 2.45) is 29.6 Å². The summed E-state index contributed by atoms with van der Waals surface area (Å²) in [7, 11) is 0. The zero-order valence-electron chi connectivity index (χ0n) is 11.7. The van der Waals surface area contributed by atoms with Gasteiger partial charge in [-0.2, -0.15) is 0 Å². The number of hydrogen-bond acceptors (Lipinski definition) is 1. The average Bonchev–Trinajstić information content (AvgIpc) is 2.88. The van der Waals surface area contributed by atoms with E-state index in [4.69, 9.17) is 16.3 Å². The van der Waals surface area contributed by atoms with E-state index in [1.807, 2.05) is 19.1 Å². The van der Waals surface area contributed by atoms with Crippen molar-refractivity contribution in [1.82, 2.24) is 0 Å². The van der Waals surface area contributed by atoms with Crippen LogP contribution in [0.3, 0.4) is 0 Å². The first-order chi connectivity index (χ1) is 9.70. The molecule has 0 spiro atoms. The summed E-state index contributed by atoms with van der Waals surface area (Å²) in [4.78, 5) is 0. The topological polar surface area (TPSA) is 9.23 Å². The second-order valence-corrected chi connectivity index (χ2v) is 7.97. The third-order valence-corrected chi connectivity index (χ3v) is 6.72. The van der Waals surface area contributed by atoms with Gasteiger partial charge in [-0.05, 0) is 74.0 Å². The second-order valence-electron chi connectivity index (χ2n) is 6.58. The first-order valence-corrected chi connectivity index (χ1v) is 9.00. The van der Waals surface area contributed by atoms with Crippen LogP contribution in [-0.4, -0.2) is 6.61 Å². The van der Waals surface area contributed by atoms with Gasteiger partial charge in [-0.15, -0.1) is 11.6 Å². The van der Waals surface area contributed by atoms with Crippen LogP contribution in [-0.2, 0) is 0 Å². The number of ether oxygens (including phenoxy) is 1. The monoisotopic (exact) mass is 354 g/mol. The normalized spacial score (nSPS) is 38.6. The highest BCUT2D eigenvalue weighted by Crippen LogP contribution is 2.73. The van der Waals surface area contributed by atoms with Crippen LogP contribution >= 0.6 is 27.5 Å². The number of hydrogen-bond donors (Lipinski definition) is 0. The minimum atomic E-state index is 0.118. The van der Waals surface area contributed by atoms with Crippen molar-refractivity contribution in [1.29, 1.82) is 0 Å². The fraction of sp³-hybridized carbons (Fsp3) is 0.647. The van der Waals surface area contributed by atoms with Crippen LogP contribution in [0.2, 0.25) is 0 Å². The van der Waals surface area contributed by atoms with Crippen molar-refractivity contribution in [3.8, 4) is 5.75 Å². The molecular formula is C17H20BrClO. The zero-order chi connectivity index (χ0) is 13.9. The Bertz CT molecular complexity index is 516. The van der Waals surface area contributed by atoms with Crippen molar-refractivity contribution in [3.63, 3.8) is 0 Å². The van der Waals surface area contributed by atoms with Crippen LogP contribution in [0.15, 0.2) is 22.7 Å². The molecule has 1 aromatic carbocycles. The van der Waals surface area contributed by atoms with Crippen molar-refractivity contribution < 1.29 is 4.74 Å². The van der Waals surface area contributed by atoms with E-state index in [2.05, 4.69) is 22.0 Å². The van der Waals surface area contributed by atoms with E-state index in [1.165, 1.54) is 24.8 Å². The van der Waals surface area contributed by atoms with Gasteiger partial charge in [0.1, 0.15) is 5.75 Å². The smallest absolute Gasteiger partial charge is 0.124 e. The van der Waals surface area contributed by atoms with E-state index >= 15 is 0 Å². The van der Waals surface area contributed by atoms with Gasteiger partial charge in [0.15, 0.2) is 0 Å². The van der Waals surface area contributed by atoms with Crippen LogP contribution < -0.4 is 4.74 Å². The highest BCUT2D eigenvalue weighted by atomic mass is 79.9. The predicted molar refractivity (Wildman–Crippen MR) is 85.2 cm³/mol. The highest BCUT2D eigenvalue weighted by molar-refractivity contribution is 9.10. The molecule has 0 saturated heterocycles. The lowest BCUT2D eigenvalue weighted by atomic mass is 9.96. The number of fused-ring (bicyclic) bond motifs is 5. The van der Waals surface area contributed by atoms with Gasteiger partial charge in [-0.25, -0.2) is 0 Å². The second kappa shape index (κ2) is 4.91. The summed E-state index contributed by atoms with van der Waals surface area (Å²) < 4.78 is 6.87. The Morgan fingerprint density at radius 3 is 2.65 bits per heavy atom. The van der Waals surface area contributed by atoms with Gasteiger partial charge in [0.05, 0.1) is 12.0 Å². The average molecular weight is 356 g/mol. The minimum Gasteiger partial charge on any atom is -0.494 e. The molecule has 1 aromatic rings. The zero-order valence-corrected chi connectivity index (χ0v) is 14.0. The first kappa shape index (κ1) is 13.5. The quantitative estimate of drug-likeness (QED) is 0.655. The number of benzene rings is 1. The molecular weight excluding hydrogens is 336 g/mol. The summed E-state index contributed by atoms with van der Waals surface area (Å²) in [6, 6.07) is 6.24. The van der Waals surface area contributed by atoms with Crippen LogP contribution in [0, 0.1) is 29.6 Å². The van der Waals surface area contributed by atoms with Gasteiger partial charge >= 0.3 is 0 Å². The Hall–Kier alpha value is -0.210. The first-order valence-electron chi connectivity index (χ1n) is 7.77. The summed E-state index contributed by atoms with van der Waals surface area (Å²) in [6.07, 6.45) is 4.37. The Kier molecular flexibility index (Phi) is 3.30. The summed E-state index contributed by atoms with van der Waals surface area (Å²) >= 11 is 10.4. The van der Waals surface area contributed by atoms with Gasteiger partial charge in [0.2, 0.25) is 0 Å². The molecule has 20 heavy (non-hydrogen) atoms. The molecule has 2 bridgehead atoms. The third-order valence-electron chi connectivity index (χ3n) is 5.70. The molecule has 3 aliphatic rings. The highest BCUT2D eigenvalue weighted by Gasteiger charge is 2.66. The molecule has 0 heterocycles. The van der Waals surface area contributed by atoms with Crippen LogP contribution in [0.4, 0.5) is 0 Å². The number of alkyl halides is 1. The van der Waals surface area contributed by atoms with Gasteiger partial charge in [-0.1, -0.05) is 15.9 Å². The molecule has 3 saturated carbocycles. The van der Waals surface area contributed by atoms with Crippen LogP contribution in [0.5, 0.6) is 5.75 Å². The Morgan fingerprint density at radius 1 is 1.30 bits per heavy atom. The van der Waals surface area contributed by atoms with Gasteiger partial charge in [0, 0.05) is 10.0 Å². The van der Waals surface area contributed by atoms with Gasteiger partial charge < -0.3 is 4.74 Å². The van der Waals surface area contributed by atoms with E-state index in [1.54, 1.807) is 0 Å². The van der Waals surface area contributed by atoms with E-state index in [9.17, 15) is 0 Å². The molecule has 1 nitrogen and oxygen atoms in total. The SMILES string of the molecule is CCOc1ccc(Br)cc1C(Cl)C1C2C3CCC(C3)C21. The van der Waals surface area contributed by atoms with Crippen molar-refractivity contribution in [2.75, 3.05) is 6.61 Å². The van der Waals surface area contributed by atoms with E-state index in [0.717, 1.165) is 33.9 Å². The molecule has 108 valence electrons. The number of halogens is 2. The molecule has 5 atom stereocenters. The predicted octanol–water partition coefficient (Wildman–Crippen LogP) is 5.42. The van der Waals surface area contributed by atoms with E-state index < -0.39 is 0 Å². The molecule has 0 aliphatic heterocycles. The minimum absolute atomic E-state index is 0.118. The maximum absolute atomic E-state index is 6.88. The number of rotatable bonds is 4. The van der Waals surface area contributed by atoms with Gasteiger partial charge in [-0.3, -0.25) is 0 Å². The maximum Gasteiger partial charge on any atom is 0.124 e. The summed E-state index contributed by atoms with van der Waals surface area (Å²) in [5.41, 5.74) is 1.18. The van der Waals surface area contributed by atoms with E-state index in [-0.39, 0.29) is 5.38 Å². The molecule has 0 N–H and O–H groups in total. The fourth-order valence-corrected chi connectivity index (χ4v) is 5.90. The van der Waals surface area contributed by atoms with Crippen molar-refractivity contribution in [2.45, 2.75) is 31.6 Å². The van der Waals surface area contributed by atoms with Gasteiger partial charge in [0.25, 0.3) is 0 Å². The molecule has 3 heteroatoms.